The van der Waals surface area contributed by atoms with Crippen LogP contribution in [0.5, 0.6) is 11.5 Å². The van der Waals surface area contributed by atoms with E-state index in [4.69, 9.17) is 19.7 Å². The Labute approximate surface area is 120 Å². The summed E-state index contributed by atoms with van der Waals surface area (Å²) in [6.45, 7) is -0.0635. The first-order valence-electron chi connectivity index (χ1n) is 6.16. The average Bonchev–Trinajstić information content (AvgIpc) is 2.48. The molecule has 7 nitrogen and oxygen atoms in total. The van der Waals surface area contributed by atoms with Crippen LogP contribution in [0.1, 0.15) is 10.4 Å². The normalized spacial score (nSPS) is 10.6. The van der Waals surface area contributed by atoms with E-state index in [0.717, 1.165) is 0 Å². The first-order valence-corrected chi connectivity index (χ1v) is 6.16. The van der Waals surface area contributed by atoms with Crippen LogP contribution in [0.2, 0.25) is 0 Å². The predicted octanol–water partition coefficient (Wildman–Crippen LogP) is 0.709. The van der Waals surface area contributed by atoms with Crippen molar-refractivity contribution >= 4 is 16.9 Å². The minimum atomic E-state index is -1.32. The van der Waals surface area contributed by atoms with Crippen molar-refractivity contribution in [2.75, 3.05) is 20.8 Å². The molecule has 0 bridgehead atoms. The van der Waals surface area contributed by atoms with Crippen molar-refractivity contribution in [2.45, 2.75) is 6.54 Å². The van der Waals surface area contributed by atoms with Gasteiger partial charge in [-0.15, -0.1) is 0 Å². The topological polar surface area (TPSA) is 98.0 Å². The fraction of sp³-hybridized carbons (Fsp3) is 0.286. The number of hydrogen-bond donors (Lipinski definition) is 2. The van der Waals surface area contributed by atoms with Gasteiger partial charge in [-0.3, -0.25) is 4.79 Å². The van der Waals surface area contributed by atoms with Gasteiger partial charge in [0.1, 0.15) is 17.1 Å². The van der Waals surface area contributed by atoms with Gasteiger partial charge in [0.05, 0.1) is 31.7 Å². The molecule has 0 aliphatic heterocycles. The third-order valence-electron chi connectivity index (χ3n) is 3.14. The number of aliphatic hydroxyl groups is 1. The summed E-state index contributed by atoms with van der Waals surface area (Å²) in [5.41, 5.74) is -0.572. The molecule has 0 spiro atoms. The molecule has 2 N–H and O–H groups in total. The number of carbonyl (C=O) groups is 1. The molecule has 0 radical (unpaired) electrons. The molecule has 0 unspecified atom stereocenters. The van der Waals surface area contributed by atoms with Gasteiger partial charge in [0.15, 0.2) is 0 Å². The molecule has 1 aromatic heterocycles. The molecule has 21 heavy (non-hydrogen) atoms. The molecule has 2 aromatic rings. The summed E-state index contributed by atoms with van der Waals surface area (Å²) in [6.07, 6.45) is 1.21. The van der Waals surface area contributed by atoms with Crippen LogP contribution in [0, 0.1) is 0 Å². The molecular weight excluding hydrogens is 278 g/mol. The number of aromatic carboxylic acids is 1. The number of benzene rings is 1. The van der Waals surface area contributed by atoms with Crippen LogP contribution in [0.25, 0.3) is 10.9 Å². The highest BCUT2D eigenvalue weighted by atomic mass is 16.5. The standard InChI is InChI=1S/C14H15NO6/c1-20-8-5-9-12(11(6-8)21-2)15(3-4-16)7-10(13(9)17)14(18)19/h5-7,16H,3-4H2,1-2H3,(H,18,19). The van der Waals surface area contributed by atoms with Gasteiger partial charge in [0.2, 0.25) is 5.43 Å². The van der Waals surface area contributed by atoms with Gasteiger partial charge in [-0.25, -0.2) is 4.79 Å². The van der Waals surface area contributed by atoms with Crippen molar-refractivity contribution in [3.8, 4) is 11.5 Å². The monoisotopic (exact) mass is 293 g/mol. The van der Waals surface area contributed by atoms with E-state index in [2.05, 4.69) is 0 Å². The molecule has 1 heterocycles. The highest BCUT2D eigenvalue weighted by Crippen LogP contribution is 2.29. The maximum absolute atomic E-state index is 12.3. The third kappa shape index (κ3) is 2.55. The first kappa shape index (κ1) is 14.9. The fourth-order valence-corrected chi connectivity index (χ4v) is 2.19. The number of aliphatic hydroxyl groups excluding tert-OH is 1. The minimum Gasteiger partial charge on any atom is -0.497 e. The number of aromatic nitrogens is 1. The summed E-state index contributed by atoms with van der Waals surface area (Å²) < 4.78 is 11.8. The van der Waals surface area contributed by atoms with Gasteiger partial charge in [0, 0.05) is 18.8 Å². The summed E-state index contributed by atoms with van der Waals surface area (Å²) >= 11 is 0. The third-order valence-corrected chi connectivity index (χ3v) is 3.14. The van der Waals surface area contributed by atoms with E-state index >= 15 is 0 Å². The maximum Gasteiger partial charge on any atom is 0.341 e. The quantitative estimate of drug-likeness (QED) is 0.842. The van der Waals surface area contributed by atoms with Crippen LogP contribution in [0.3, 0.4) is 0 Å². The molecule has 1 aromatic carbocycles. The number of pyridine rings is 1. The average molecular weight is 293 g/mol. The van der Waals surface area contributed by atoms with E-state index in [-0.39, 0.29) is 24.1 Å². The summed E-state index contributed by atoms with van der Waals surface area (Å²) in [5.74, 6) is -0.572. The Kier molecular flexibility index (Phi) is 4.13. The van der Waals surface area contributed by atoms with E-state index in [9.17, 15) is 9.59 Å². The van der Waals surface area contributed by atoms with Gasteiger partial charge < -0.3 is 24.3 Å². The lowest BCUT2D eigenvalue weighted by molar-refractivity contribution is 0.0694. The maximum atomic E-state index is 12.3. The molecular formula is C14H15NO6. The second kappa shape index (κ2) is 5.84. The number of nitrogens with zero attached hydrogens (tertiary/aromatic N) is 1. The van der Waals surface area contributed by atoms with Gasteiger partial charge >= 0.3 is 5.97 Å². The number of hydrogen-bond acceptors (Lipinski definition) is 5. The smallest absolute Gasteiger partial charge is 0.341 e. The van der Waals surface area contributed by atoms with E-state index in [1.165, 1.54) is 31.0 Å². The zero-order chi connectivity index (χ0) is 15.6. The molecule has 0 fully saturated rings. The Morgan fingerprint density at radius 1 is 1.29 bits per heavy atom. The Hall–Kier alpha value is -2.54. The van der Waals surface area contributed by atoms with Crippen LogP contribution >= 0.6 is 0 Å². The molecule has 0 aliphatic rings. The highest BCUT2D eigenvalue weighted by Gasteiger charge is 2.18. The largest absolute Gasteiger partial charge is 0.497 e. The summed E-state index contributed by atoms with van der Waals surface area (Å²) in [5, 5.41) is 18.4. The molecule has 0 aliphatic carbocycles. The number of ether oxygens (including phenoxy) is 2. The van der Waals surface area contributed by atoms with Crippen molar-refractivity contribution in [3.63, 3.8) is 0 Å². The van der Waals surface area contributed by atoms with E-state index < -0.39 is 11.4 Å². The lowest BCUT2D eigenvalue weighted by atomic mass is 10.1. The van der Waals surface area contributed by atoms with E-state index in [0.29, 0.717) is 17.0 Å². The van der Waals surface area contributed by atoms with E-state index in [1.54, 1.807) is 6.07 Å². The van der Waals surface area contributed by atoms with Crippen LogP contribution in [-0.2, 0) is 6.54 Å². The summed E-state index contributed by atoms with van der Waals surface area (Å²) in [4.78, 5) is 23.5. The van der Waals surface area contributed by atoms with Crippen molar-refractivity contribution in [2.24, 2.45) is 0 Å². The molecule has 0 amide bonds. The fourth-order valence-electron chi connectivity index (χ4n) is 2.19. The molecule has 0 saturated carbocycles. The zero-order valence-corrected chi connectivity index (χ0v) is 11.6. The molecule has 112 valence electrons. The molecule has 0 saturated heterocycles. The van der Waals surface area contributed by atoms with Crippen molar-refractivity contribution in [1.82, 2.24) is 4.57 Å². The summed E-state index contributed by atoms with van der Waals surface area (Å²) in [7, 11) is 2.88. The predicted molar refractivity (Wildman–Crippen MR) is 75.4 cm³/mol. The number of fused-ring (bicyclic) bond motifs is 1. The van der Waals surface area contributed by atoms with Crippen LogP contribution < -0.4 is 14.9 Å². The Morgan fingerprint density at radius 3 is 2.52 bits per heavy atom. The van der Waals surface area contributed by atoms with Gasteiger partial charge in [-0.05, 0) is 6.07 Å². The van der Waals surface area contributed by atoms with Crippen LogP contribution in [0.15, 0.2) is 23.1 Å². The zero-order valence-electron chi connectivity index (χ0n) is 11.6. The van der Waals surface area contributed by atoms with Crippen molar-refractivity contribution < 1.29 is 24.5 Å². The van der Waals surface area contributed by atoms with Gasteiger partial charge in [0.25, 0.3) is 0 Å². The van der Waals surface area contributed by atoms with Crippen LogP contribution in [-0.4, -0.2) is 41.6 Å². The number of carboxylic acid groups (broad SMARTS) is 1. The second-order valence-corrected chi connectivity index (χ2v) is 4.32. The lowest BCUT2D eigenvalue weighted by Gasteiger charge is -2.15. The molecule has 7 heteroatoms. The number of carboxylic acids is 1. The van der Waals surface area contributed by atoms with Crippen molar-refractivity contribution in [3.05, 3.63) is 34.1 Å². The molecule has 2 rings (SSSR count). The lowest BCUT2D eigenvalue weighted by Crippen LogP contribution is -2.20. The van der Waals surface area contributed by atoms with Gasteiger partial charge in [-0.1, -0.05) is 0 Å². The van der Waals surface area contributed by atoms with Crippen LogP contribution in [0.4, 0.5) is 0 Å². The van der Waals surface area contributed by atoms with Gasteiger partial charge in [-0.2, -0.15) is 0 Å². The Balaban J connectivity index is 2.96. The summed E-state index contributed by atoms with van der Waals surface area (Å²) in [6, 6.07) is 3.05. The Morgan fingerprint density at radius 2 is 2.00 bits per heavy atom. The Bertz CT molecular complexity index is 749. The number of methoxy groups -OCH3 is 2. The van der Waals surface area contributed by atoms with E-state index in [1.807, 2.05) is 0 Å². The minimum absolute atomic E-state index is 0.139. The highest BCUT2D eigenvalue weighted by molar-refractivity contribution is 5.95. The first-order chi connectivity index (χ1) is 10.0. The number of rotatable bonds is 5. The molecule has 0 atom stereocenters. The second-order valence-electron chi connectivity index (χ2n) is 4.32. The SMILES string of the molecule is COc1cc(OC)c2c(c1)c(=O)c(C(=O)O)cn2CCO. The van der Waals surface area contributed by atoms with Crippen molar-refractivity contribution in [1.29, 1.82) is 0 Å².